The lowest BCUT2D eigenvalue weighted by Gasteiger charge is -2.36. The summed E-state index contributed by atoms with van der Waals surface area (Å²) in [6, 6.07) is 5.84. The topological polar surface area (TPSA) is 111 Å². The van der Waals surface area contributed by atoms with Gasteiger partial charge in [-0.25, -0.2) is 29.1 Å². The number of aromatic nitrogens is 6. The molecule has 12 heteroatoms. The van der Waals surface area contributed by atoms with Gasteiger partial charge in [0.05, 0.1) is 42.8 Å². The molecule has 4 aromatic heterocycles. The number of carbonyl (C=O) groups excluding carboxylic acids is 1. The maximum Gasteiger partial charge on any atom is 0.410 e. The number of rotatable bonds is 6. The van der Waals surface area contributed by atoms with Crippen LogP contribution in [0.1, 0.15) is 58.0 Å². The summed E-state index contributed by atoms with van der Waals surface area (Å²) in [7, 11) is 1.52. The number of piperazine rings is 1. The number of hydrogen-bond acceptors (Lipinski definition) is 9. The highest BCUT2D eigenvalue weighted by Crippen LogP contribution is 2.31. The molecule has 0 N–H and O–H groups in total. The number of pyridine rings is 2. The van der Waals surface area contributed by atoms with E-state index in [9.17, 15) is 4.79 Å². The zero-order valence-corrected chi connectivity index (χ0v) is 25.2. The molecule has 0 unspecified atom stereocenters. The third-order valence-corrected chi connectivity index (χ3v) is 7.01. The van der Waals surface area contributed by atoms with Gasteiger partial charge in [-0.05, 0) is 59.7 Å². The van der Waals surface area contributed by atoms with Crippen LogP contribution in [-0.2, 0) is 11.2 Å². The van der Waals surface area contributed by atoms with Crippen LogP contribution in [0.4, 0.5) is 14.9 Å². The fourth-order valence-corrected chi connectivity index (χ4v) is 5.11. The van der Waals surface area contributed by atoms with Gasteiger partial charge in [0.2, 0.25) is 5.88 Å². The molecule has 0 atom stereocenters. The molecule has 0 aromatic carbocycles. The van der Waals surface area contributed by atoms with Gasteiger partial charge in [0, 0.05) is 37.9 Å². The van der Waals surface area contributed by atoms with Crippen molar-refractivity contribution in [3.63, 3.8) is 0 Å². The first-order valence-electron chi connectivity index (χ1n) is 14.1. The van der Waals surface area contributed by atoms with Crippen LogP contribution in [-0.4, -0.2) is 79.4 Å². The molecule has 0 spiro atoms. The summed E-state index contributed by atoms with van der Waals surface area (Å²) in [6.07, 6.45) is 3.00. The predicted molar refractivity (Wildman–Crippen MR) is 157 cm³/mol. The number of hydrogen-bond donors (Lipinski definition) is 0. The van der Waals surface area contributed by atoms with Crippen LogP contribution in [0.25, 0.3) is 22.4 Å². The Bertz CT molecular complexity index is 1590. The predicted octanol–water partition coefficient (Wildman–Crippen LogP) is 4.97. The number of nitrogens with zero attached hydrogens (tertiary/aromatic N) is 8. The van der Waals surface area contributed by atoms with Crippen molar-refractivity contribution in [1.82, 2.24) is 34.4 Å². The summed E-state index contributed by atoms with van der Waals surface area (Å²) in [4.78, 5) is 38.8. The van der Waals surface area contributed by atoms with Crippen LogP contribution < -0.4 is 9.64 Å². The third-order valence-electron chi connectivity index (χ3n) is 7.01. The third kappa shape index (κ3) is 6.12. The molecule has 0 aliphatic carbocycles. The van der Waals surface area contributed by atoms with E-state index in [1.54, 1.807) is 17.2 Å². The van der Waals surface area contributed by atoms with E-state index in [1.807, 2.05) is 39.8 Å². The second-order valence-electron chi connectivity index (χ2n) is 11.6. The number of fused-ring (bicyclic) bond motifs is 1. The van der Waals surface area contributed by atoms with Crippen molar-refractivity contribution in [3.05, 3.63) is 53.8 Å². The number of carbonyl (C=O) groups is 1. The molecule has 0 saturated carbocycles. The van der Waals surface area contributed by atoms with Crippen molar-refractivity contribution in [2.75, 3.05) is 38.2 Å². The van der Waals surface area contributed by atoms with Crippen LogP contribution >= 0.6 is 0 Å². The quantitative estimate of drug-likeness (QED) is 0.314. The SMILES string of the molecule is COc1nc(-c2nc(Cc3ccc(N4CCN(C(=O)OC(C)(C)C)CC4)cn3)ncc2F)cc2c1nc(C)n2C(C)C. The minimum Gasteiger partial charge on any atom is -0.479 e. The Morgan fingerprint density at radius 3 is 2.40 bits per heavy atom. The normalized spacial score (nSPS) is 14.1. The summed E-state index contributed by atoms with van der Waals surface area (Å²) in [5.41, 5.74) is 3.05. The van der Waals surface area contributed by atoms with Crippen molar-refractivity contribution in [2.24, 2.45) is 0 Å². The van der Waals surface area contributed by atoms with Crippen LogP contribution in [0.2, 0.25) is 0 Å². The molecule has 1 aliphatic rings. The molecule has 222 valence electrons. The average Bonchev–Trinajstić information content (AvgIpc) is 3.29. The number of methoxy groups -OCH3 is 1. The molecular formula is C30H37FN8O3. The molecule has 1 amide bonds. The fourth-order valence-electron chi connectivity index (χ4n) is 5.11. The summed E-state index contributed by atoms with van der Waals surface area (Å²) < 4.78 is 28.1. The van der Waals surface area contributed by atoms with E-state index in [0.717, 1.165) is 22.7 Å². The second kappa shape index (κ2) is 11.5. The first kappa shape index (κ1) is 29.2. The number of ether oxygens (including phenoxy) is 2. The van der Waals surface area contributed by atoms with Gasteiger partial charge >= 0.3 is 6.09 Å². The van der Waals surface area contributed by atoms with Gasteiger partial charge in [0.15, 0.2) is 11.3 Å². The molecule has 1 aliphatic heterocycles. The summed E-state index contributed by atoms with van der Waals surface area (Å²) in [5.74, 6) is 0.982. The average molecular weight is 577 g/mol. The highest BCUT2D eigenvalue weighted by Gasteiger charge is 2.26. The van der Waals surface area contributed by atoms with Crippen LogP contribution in [0, 0.1) is 12.7 Å². The minimum absolute atomic E-state index is 0.0915. The molecular weight excluding hydrogens is 539 g/mol. The van der Waals surface area contributed by atoms with E-state index in [0.29, 0.717) is 55.5 Å². The lowest BCUT2D eigenvalue weighted by Crippen LogP contribution is -2.50. The van der Waals surface area contributed by atoms with Gasteiger partial charge in [-0.1, -0.05) is 0 Å². The molecule has 0 bridgehead atoms. The first-order chi connectivity index (χ1) is 19.9. The van der Waals surface area contributed by atoms with Gasteiger partial charge in [-0.3, -0.25) is 4.98 Å². The van der Waals surface area contributed by atoms with Crippen molar-refractivity contribution in [3.8, 4) is 17.3 Å². The van der Waals surface area contributed by atoms with E-state index < -0.39 is 11.4 Å². The molecule has 5 heterocycles. The van der Waals surface area contributed by atoms with Gasteiger partial charge in [0.1, 0.15) is 22.9 Å². The Morgan fingerprint density at radius 2 is 1.79 bits per heavy atom. The van der Waals surface area contributed by atoms with Crippen molar-refractivity contribution < 1.29 is 18.7 Å². The molecule has 5 rings (SSSR count). The van der Waals surface area contributed by atoms with Gasteiger partial charge < -0.3 is 23.8 Å². The number of anilines is 1. The van der Waals surface area contributed by atoms with Gasteiger partial charge in [-0.2, -0.15) is 0 Å². The summed E-state index contributed by atoms with van der Waals surface area (Å²) in [6.45, 7) is 14.2. The zero-order chi connectivity index (χ0) is 30.2. The van der Waals surface area contributed by atoms with Crippen LogP contribution in [0.5, 0.6) is 5.88 Å². The monoisotopic (exact) mass is 576 g/mol. The lowest BCUT2D eigenvalue weighted by molar-refractivity contribution is 0.0240. The zero-order valence-electron chi connectivity index (χ0n) is 25.2. The smallest absolute Gasteiger partial charge is 0.410 e. The summed E-state index contributed by atoms with van der Waals surface area (Å²) >= 11 is 0. The van der Waals surface area contributed by atoms with Gasteiger partial charge in [0.25, 0.3) is 0 Å². The number of aryl methyl sites for hydroxylation is 1. The van der Waals surface area contributed by atoms with E-state index in [1.165, 1.54) is 13.3 Å². The Labute approximate surface area is 244 Å². The Morgan fingerprint density at radius 1 is 1.05 bits per heavy atom. The molecule has 42 heavy (non-hydrogen) atoms. The Kier molecular flexibility index (Phi) is 7.98. The highest BCUT2D eigenvalue weighted by atomic mass is 19.1. The van der Waals surface area contributed by atoms with Crippen molar-refractivity contribution in [2.45, 2.75) is 59.6 Å². The Balaban J connectivity index is 1.32. The van der Waals surface area contributed by atoms with Crippen LogP contribution in [0.15, 0.2) is 30.6 Å². The second-order valence-corrected chi connectivity index (χ2v) is 11.6. The largest absolute Gasteiger partial charge is 0.479 e. The maximum atomic E-state index is 15.0. The van der Waals surface area contributed by atoms with E-state index in [2.05, 4.69) is 48.2 Å². The summed E-state index contributed by atoms with van der Waals surface area (Å²) in [5, 5.41) is 0. The van der Waals surface area contributed by atoms with Crippen LogP contribution in [0.3, 0.4) is 0 Å². The van der Waals surface area contributed by atoms with E-state index in [4.69, 9.17) is 9.47 Å². The molecule has 1 fully saturated rings. The van der Waals surface area contributed by atoms with E-state index >= 15 is 4.39 Å². The highest BCUT2D eigenvalue weighted by molar-refractivity contribution is 5.84. The number of halogens is 1. The minimum atomic E-state index is -0.575. The van der Waals surface area contributed by atoms with Crippen molar-refractivity contribution in [1.29, 1.82) is 0 Å². The molecule has 1 saturated heterocycles. The maximum absolute atomic E-state index is 15.0. The molecule has 4 aromatic rings. The van der Waals surface area contributed by atoms with Crippen molar-refractivity contribution >= 4 is 22.8 Å². The first-order valence-corrected chi connectivity index (χ1v) is 14.1. The number of amides is 1. The van der Waals surface area contributed by atoms with Gasteiger partial charge in [-0.15, -0.1) is 0 Å². The van der Waals surface area contributed by atoms with E-state index in [-0.39, 0.29) is 17.8 Å². The molecule has 11 nitrogen and oxygen atoms in total. The Hall–Kier alpha value is -4.35. The fraction of sp³-hybridized carbons (Fsp3) is 0.467. The standard InChI is InChI=1S/C30H37FN8O3/c1-18(2)39-19(3)34-27-24(39)15-23(35-28(27)41-7)26-22(31)17-33-25(36-26)14-20-8-9-21(16-32-20)37-10-12-38(13-11-37)29(40)42-30(4,5)6/h8-9,15-18H,10-14H2,1-7H3. The molecule has 0 radical (unpaired) electrons. The number of imidazole rings is 1. The lowest BCUT2D eigenvalue weighted by atomic mass is 10.2.